The van der Waals surface area contributed by atoms with Crippen molar-refractivity contribution in [3.8, 4) is 12.1 Å². The molecule has 0 amide bonds. The highest BCUT2D eigenvalue weighted by atomic mass is 32.1. The topological polar surface area (TPSA) is 88.1 Å². The van der Waals surface area contributed by atoms with Crippen LogP contribution in [0.25, 0.3) is 0 Å². The number of carboxylic acids is 1. The summed E-state index contributed by atoms with van der Waals surface area (Å²) in [6.45, 7) is 0.898. The van der Waals surface area contributed by atoms with Crippen LogP contribution in [0.15, 0.2) is 24.4 Å². The average molecular weight is 275 g/mol. The predicted octanol–water partition coefficient (Wildman–Crippen LogP) is 2.24. The van der Waals surface area contributed by atoms with E-state index in [0.29, 0.717) is 11.4 Å². The highest BCUT2D eigenvalue weighted by Crippen LogP contribution is 2.18. The molecule has 6 heteroatoms. The molecular formula is C13H13N3O2S. The first-order valence-electron chi connectivity index (χ1n) is 5.66. The van der Waals surface area contributed by atoms with E-state index in [4.69, 9.17) is 15.6 Å². The van der Waals surface area contributed by atoms with Crippen molar-refractivity contribution in [2.24, 2.45) is 0 Å². The number of nitrogens with zero attached hydrogens (tertiary/aromatic N) is 3. The van der Waals surface area contributed by atoms with Crippen LogP contribution in [0, 0.1) is 22.7 Å². The maximum Gasteiger partial charge on any atom is 0.345 e. The van der Waals surface area contributed by atoms with Crippen LogP contribution in [0.1, 0.15) is 21.0 Å². The van der Waals surface area contributed by atoms with E-state index in [9.17, 15) is 4.79 Å². The smallest absolute Gasteiger partial charge is 0.345 e. The number of allylic oxidation sites excluding steroid dienone is 1. The number of thiophene rings is 1. The van der Waals surface area contributed by atoms with E-state index in [1.54, 1.807) is 17.2 Å². The van der Waals surface area contributed by atoms with Gasteiger partial charge in [0.15, 0.2) is 0 Å². The van der Waals surface area contributed by atoms with E-state index in [1.165, 1.54) is 17.4 Å². The van der Waals surface area contributed by atoms with E-state index in [0.717, 1.165) is 17.7 Å². The lowest BCUT2D eigenvalue weighted by atomic mass is 10.2. The maximum atomic E-state index is 10.7. The van der Waals surface area contributed by atoms with Gasteiger partial charge >= 0.3 is 5.97 Å². The Morgan fingerprint density at radius 2 is 2.26 bits per heavy atom. The second-order valence-electron chi connectivity index (χ2n) is 3.75. The number of carboxylic acid groups (broad SMARTS) is 1. The van der Waals surface area contributed by atoms with Gasteiger partial charge in [-0.1, -0.05) is 0 Å². The lowest BCUT2D eigenvalue weighted by Gasteiger charge is -2.15. The minimum atomic E-state index is -0.903. The van der Waals surface area contributed by atoms with Crippen LogP contribution in [-0.2, 0) is 6.42 Å². The van der Waals surface area contributed by atoms with Crippen molar-refractivity contribution in [1.29, 1.82) is 10.5 Å². The number of nitriles is 2. The molecule has 0 aliphatic rings. The first-order chi connectivity index (χ1) is 9.17. The Morgan fingerprint density at radius 1 is 1.47 bits per heavy atom. The van der Waals surface area contributed by atoms with Crippen LogP contribution in [0.2, 0.25) is 0 Å². The van der Waals surface area contributed by atoms with Gasteiger partial charge in [0.2, 0.25) is 0 Å². The van der Waals surface area contributed by atoms with Crippen LogP contribution >= 0.6 is 11.3 Å². The lowest BCUT2D eigenvalue weighted by Crippen LogP contribution is -2.19. The zero-order chi connectivity index (χ0) is 14.1. The van der Waals surface area contributed by atoms with Crippen LogP contribution < -0.4 is 0 Å². The molecule has 0 bridgehead atoms. The fraction of sp³-hybridized carbons (Fsp3) is 0.308. The number of rotatable bonds is 7. The Balaban J connectivity index is 2.43. The Bertz CT molecular complexity index is 537. The van der Waals surface area contributed by atoms with Gasteiger partial charge in [0.05, 0.1) is 12.1 Å². The number of hydrogen-bond donors (Lipinski definition) is 1. The predicted molar refractivity (Wildman–Crippen MR) is 71.5 cm³/mol. The molecule has 0 fully saturated rings. The summed E-state index contributed by atoms with van der Waals surface area (Å²) in [4.78, 5) is 13.8. The van der Waals surface area contributed by atoms with Crippen LogP contribution in [0.3, 0.4) is 0 Å². The van der Waals surface area contributed by atoms with E-state index in [2.05, 4.69) is 0 Å². The first-order valence-corrected chi connectivity index (χ1v) is 6.48. The molecule has 0 saturated heterocycles. The molecule has 0 aliphatic heterocycles. The Morgan fingerprint density at radius 3 is 2.84 bits per heavy atom. The first kappa shape index (κ1) is 14.7. The van der Waals surface area contributed by atoms with E-state index < -0.39 is 5.97 Å². The fourth-order valence-corrected chi connectivity index (χ4v) is 2.41. The van der Waals surface area contributed by atoms with E-state index in [1.807, 2.05) is 18.2 Å². The van der Waals surface area contributed by atoms with Crippen molar-refractivity contribution in [2.45, 2.75) is 12.8 Å². The number of carbonyl (C=O) groups is 1. The zero-order valence-electron chi connectivity index (χ0n) is 10.2. The van der Waals surface area contributed by atoms with Gasteiger partial charge in [0.1, 0.15) is 11.4 Å². The molecule has 0 aliphatic carbocycles. The molecule has 0 saturated carbocycles. The van der Waals surface area contributed by atoms with Crippen molar-refractivity contribution in [3.63, 3.8) is 0 Å². The van der Waals surface area contributed by atoms with Crippen molar-refractivity contribution in [3.05, 3.63) is 34.2 Å². The Hall–Kier alpha value is -2.31. The molecule has 0 radical (unpaired) electrons. The molecule has 1 aromatic heterocycles. The summed E-state index contributed by atoms with van der Waals surface area (Å²) in [5, 5.41) is 25.9. The third kappa shape index (κ3) is 5.24. The Kier molecular flexibility index (Phi) is 6.14. The summed E-state index contributed by atoms with van der Waals surface area (Å²) < 4.78 is 0. The second kappa shape index (κ2) is 7.91. The summed E-state index contributed by atoms with van der Waals surface area (Å²) in [6, 6.07) is 7.34. The molecule has 1 N–H and O–H groups in total. The third-order valence-corrected chi connectivity index (χ3v) is 3.51. The summed E-state index contributed by atoms with van der Waals surface area (Å²) >= 11 is 1.27. The molecule has 1 rings (SSSR count). The van der Waals surface area contributed by atoms with Crippen molar-refractivity contribution >= 4 is 17.3 Å². The summed E-state index contributed by atoms with van der Waals surface area (Å²) in [5.41, 5.74) is 0. The van der Waals surface area contributed by atoms with Gasteiger partial charge in [-0.2, -0.15) is 10.5 Å². The fourth-order valence-electron chi connectivity index (χ4n) is 1.52. The van der Waals surface area contributed by atoms with Crippen molar-refractivity contribution in [2.75, 3.05) is 13.1 Å². The molecule has 5 nitrogen and oxygen atoms in total. The summed E-state index contributed by atoms with van der Waals surface area (Å²) in [6.07, 6.45) is 4.50. The normalized spacial score (nSPS) is 10.0. The van der Waals surface area contributed by atoms with Crippen molar-refractivity contribution < 1.29 is 9.90 Å². The highest BCUT2D eigenvalue weighted by Gasteiger charge is 2.07. The number of aromatic carboxylic acids is 1. The average Bonchev–Trinajstić information content (AvgIpc) is 2.85. The van der Waals surface area contributed by atoms with Gasteiger partial charge in [-0.05, 0) is 25.0 Å². The maximum absolute atomic E-state index is 10.7. The van der Waals surface area contributed by atoms with Crippen LogP contribution in [0.4, 0.5) is 0 Å². The number of hydrogen-bond acceptors (Lipinski definition) is 5. The molecule has 1 heterocycles. The monoisotopic (exact) mass is 275 g/mol. The SMILES string of the molecule is N#C/C=C/N(CC#N)CCCc1ccc(C(=O)O)s1. The lowest BCUT2D eigenvalue weighted by molar-refractivity contribution is 0.0702. The second-order valence-corrected chi connectivity index (χ2v) is 4.92. The molecule has 0 spiro atoms. The molecule has 98 valence electrons. The highest BCUT2D eigenvalue weighted by molar-refractivity contribution is 7.13. The summed E-state index contributed by atoms with van der Waals surface area (Å²) in [7, 11) is 0. The van der Waals surface area contributed by atoms with E-state index >= 15 is 0 Å². The quantitative estimate of drug-likeness (QED) is 0.609. The minimum Gasteiger partial charge on any atom is -0.477 e. The molecule has 0 atom stereocenters. The standard InChI is InChI=1S/C13H13N3O2S/c14-6-2-9-16(10-7-15)8-1-3-11-4-5-12(19-11)13(17)18/h2,4-5,9H,1,3,8,10H2,(H,17,18)/b9-2+. The molecular weight excluding hydrogens is 262 g/mol. The van der Waals surface area contributed by atoms with Gasteiger partial charge in [0.25, 0.3) is 0 Å². The molecule has 19 heavy (non-hydrogen) atoms. The molecule has 1 aromatic rings. The third-order valence-electron chi connectivity index (χ3n) is 2.37. The van der Waals surface area contributed by atoms with Crippen LogP contribution in [-0.4, -0.2) is 29.1 Å². The zero-order valence-corrected chi connectivity index (χ0v) is 11.1. The molecule has 0 unspecified atom stereocenters. The minimum absolute atomic E-state index is 0.239. The van der Waals surface area contributed by atoms with Gasteiger partial charge in [-0.25, -0.2) is 4.79 Å². The van der Waals surface area contributed by atoms with Gasteiger partial charge in [0, 0.05) is 23.7 Å². The van der Waals surface area contributed by atoms with Gasteiger partial charge in [-0.15, -0.1) is 11.3 Å². The van der Waals surface area contributed by atoms with Crippen molar-refractivity contribution in [1.82, 2.24) is 4.90 Å². The van der Waals surface area contributed by atoms with Gasteiger partial charge in [-0.3, -0.25) is 0 Å². The Labute approximate surface area is 115 Å². The van der Waals surface area contributed by atoms with E-state index in [-0.39, 0.29) is 6.54 Å². The van der Waals surface area contributed by atoms with Crippen LogP contribution in [0.5, 0.6) is 0 Å². The van der Waals surface area contributed by atoms with Gasteiger partial charge < -0.3 is 10.0 Å². The molecule has 0 aromatic carbocycles. The number of aryl methyl sites for hydroxylation is 1. The summed E-state index contributed by atoms with van der Waals surface area (Å²) in [5.74, 6) is -0.903. The largest absolute Gasteiger partial charge is 0.477 e.